The van der Waals surface area contributed by atoms with Crippen molar-refractivity contribution in [1.82, 2.24) is 19.9 Å². The van der Waals surface area contributed by atoms with Crippen molar-refractivity contribution in [2.24, 2.45) is 0 Å². The average Bonchev–Trinajstić information content (AvgIpc) is 3.37. The monoisotopic (exact) mass is 386 g/mol. The lowest BCUT2D eigenvalue weighted by atomic mass is 9.96. The third-order valence-electron chi connectivity index (χ3n) is 5.15. The Morgan fingerprint density at radius 1 is 1.19 bits per heavy atom. The summed E-state index contributed by atoms with van der Waals surface area (Å²) in [6, 6.07) is 8.78. The van der Waals surface area contributed by atoms with Gasteiger partial charge in [0.25, 0.3) is 5.91 Å². The van der Waals surface area contributed by atoms with Crippen LogP contribution in [0.3, 0.4) is 0 Å². The minimum atomic E-state index is -0.384. The Morgan fingerprint density at radius 3 is 2.59 bits per heavy atom. The molecule has 3 heterocycles. The van der Waals surface area contributed by atoms with Gasteiger partial charge in [-0.25, -0.2) is 0 Å². The van der Waals surface area contributed by atoms with Gasteiger partial charge in [0.2, 0.25) is 11.8 Å². The minimum absolute atomic E-state index is 0.0458. The highest BCUT2D eigenvalue weighted by molar-refractivity contribution is 7.99. The van der Waals surface area contributed by atoms with E-state index in [4.69, 9.17) is 4.52 Å². The first-order valence-corrected chi connectivity index (χ1v) is 10.3. The van der Waals surface area contributed by atoms with E-state index in [0.717, 1.165) is 12.8 Å². The summed E-state index contributed by atoms with van der Waals surface area (Å²) >= 11 is 1.63. The Balaban J connectivity index is 1.40. The van der Waals surface area contributed by atoms with Crippen molar-refractivity contribution in [2.45, 2.75) is 31.7 Å². The SMILES string of the molecule is Cc1noc(C2CCN(C(=O)C3CSCN3C(=O)c3ccccc3)CC2)n1. The van der Waals surface area contributed by atoms with E-state index in [-0.39, 0.29) is 23.8 Å². The second-order valence-electron chi connectivity index (χ2n) is 6.94. The van der Waals surface area contributed by atoms with Crippen LogP contribution in [-0.2, 0) is 4.79 Å². The zero-order valence-corrected chi connectivity index (χ0v) is 16.0. The first-order valence-electron chi connectivity index (χ1n) is 9.16. The first-order chi connectivity index (χ1) is 13.1. The van der Waals surface area contributed by atoms with E-state index < -0.39 is 0 Å². The summed E-state index contributed by atoms with van der Waals surface area (Å²) in [6.45, 7) is 3.11. The van der Waals surface area contributed by atoms with Crippen molar-refractivity contribution in [1.29, 1.82) is 0 Å². The van der Waals surface area contributed by atoms with Crippen molar-refractivity contribution >= 4 is 23.6 Å². The third-order valence-corrected chi connectivity index (χ3v) is 6.16. The van der Waals surface area contributed by atoms with Gasteiger partial charge in [0.05, 0.1) is 5.88 Å². The number of hydrogen-bond acceptors (Lipinski definition) is 6. The summed E-state index contributed by atoms with van der Waals surface area (Å²) in [5.74, 6) is 2.69. The second-order valence-corrected chi connectivity index (χ2v) is 7.94. The molecule has 7 nitrogen and oxygen atoms in total. The Kier molecular flexibility index (Phi) is 5.15. The number of likely N-dealkylation sites (tertiary alicyclic amines) is 1. The maximum Gasteiger partial charge on any atom is 0.255 e. The highest BCUT2D eigenvalue weighted by Gasteiger charge is 2.38. The maximum atomic E-state index is 13.1. The molecule has 8 heteroatoms. The molecular weight excluding hydrogens is 364 g/mol. The number of carbonyl (C=O) groups excluding carboxylic acids is 2. The van der Waals surface area contributed by atoms with E-state index in [9.17, 15) is 9.59 Å². The van der Waals surface area contributed by atoms with Crippen molar-refractivity contribution < 1.29 is 14.1 Å². The van der Waals surface area contributed by atoms with E-state index in [1.54, 1.807) is 28.8 Å². The summed E-state index contributed by atoms with van der Waals surface area (Å²) in [5.41, 5.74) is 0.628. The van der Waals surface area contributed by atoms with E-state index in [1.807, 2.05) is 30.0 Å². The third kappa shape index (κ3) is 3.71. The van der Waals surface area contributed by atoms with Gasteiger partial charge in [0.1, 0.15) is 6.04 Å². The van der Waals surface area contributed by atoms with Crippen molar-refractivity contribution in [3.05, 3.63) is 47.6 Å². The lowest BCUT2D eigenvalue weighted by Crippen LogP contribution is -2.50. The summed E-state index contributed by atoms with van der Waals surface area (Å²) in [7, 11) is 0. The molecule has 2 aliphatic rings. The van der Waals surface area contributed by atoms with Crippen LogP contribution in [-0.4, -0.2) is 62.5 Å². The van der Waals surface area contributed by atoms with E-state index >= 15 is 0 Å². The van der Waals surface area contributed by atoms with Crippen LogP contribution in [0.4, 0.5) is 0 Å². The number of benzene rings is 1. The topological polar surface area (TPSA) is 79.5 Å². The molecule has 2 fully saturated rings. The molecule has 0 saturated carbocycles. The largest absolute Gasteiger partial charge is 0.341 e. The van der Waals surface area contributed by atoms with Gasteiger partial charge in [-0.1, -0.05) is 23.4 Å². The second kappa shape index (κ2) is 7.72. The Hall–Kier alpha value is -2.35. The van der Waals surface area contributed by atoms with Crippen LogP contribution in [0.15, 0.2) is 34.9 Å². The molecule has 1 unspecified atom stereocenters. The van der Waals surface area contributed by atoms with Crippen LogP contribution >= 0.6 is 11.8 Å². The van der Waals surface area contributed by atoms with Gasteiger partial charge < -0.3 is 14.3 Å². The van der Waals surface area contributed by atoms with Gasteiger partial charge in [-0.2, -0.15) is 4.98 Å². The molecule has 142 valence electrons. The van der Waals surface area contributed by atoms with Crippen LogP contribution in [0.1, 0.15) is 40.8 Å². The van der Waals surface area contributed by atoms with Gasteiger partial charge in [-0.3, -0.25) is 9.59 Å². The summed E-state index contributed by atoms with van der Waals surface area (Å²) in [5, 5.41) is 3.85. The fourth-order valence-electron chi connectivity index (χ4n) is 3.63. The van der Waals surface area contributed by atoms with Crippen molar-refractivity contribution in [3.63, 3.8) is 0 Å². The first kappa shape index (κ1) is 18.0. The lowest BCUT2D eigenvalue weighted by molar-refractivity contribution is -0.136. The highest BCUT2D eigenvalue weighted by Crippen LogP contribution is 2.29. The summed E-state index contributed by atoms with van der Waals surface area (Å²) in [4.78, 5) is 33.8. The molecule has 2 aliphatic heterocycles. The highest BCUT2D eigenvalue weighted by atomic mass is 32.2. The van der Waals surface area contributed by atoms with Crippen molar-refractivity contribution in [3.8, 4) is 0 Å². The quantitative estimate of drug-likeness (QED) is 0.805. The number of hydrogen-bond donors (Lipinski definition) is 0. The molecule has 27 heavy (non-hydrogen) atoms. The molecule has 2 aromatic rings. The van der Waals surface area contributed by atoms with E-state index in [1.165, 1.54) is 0 Å². The smallest absolute Gasteiger partial charge is 0.255 e. The molecule has 0 radical (unpaired) electrons. The molecule has 2 saturated heterocycles. The van der Waals surface area contributed by atoms with Gasteiger partial charge in [0.15, 0.2) is 5.82 Å². The van der Waals surface area contributed by atoms with Gasteiger partial charge in [0, 0.05) is 30.3 Å². The molecule has 2 amide bonds. The van der Waals surface area contributed by atoms with Gasteiger partial charge >= 0.3 is 0 Å². The predicted molar refractivity (Wildman–Crippen MR) is 101 cm³/mol. The molecule has 4 rings (SSSR count). The molecule has 0 bridgehead atoms. The Labute approximate surface area is 162 Å². The van der Waals surface area contributed by atoms with E-state index in [0.29, 0.717) is 42.0 Å². The maximum absolute atomic E-state index is 13.1. The number of carbonyl (C=O) groups is 2. The van der Waals surface area contributed by atoms with Gasteiger partial charge in [-0.05, 0) is 31.9 Å². The molecule has 1 aromatic carbocycles. The molecule has 0 N–H and O–H groups in total. The zero-order chi connectivity index (χ0) is 18.8. The Morgan fingerprint density at radius 2 is 1.93 bits per heavy atom. The lowest BCUT2D eigenvalue weighted by Gasteiger charge is -2.34. The number of piperidine rings is 1. The van der Waals surface area contributed by atoms with E-state index in [2.05, 4.69) is 10.1 Å². The van der Waals surface area contributed by atoms with Crippen LogP contribution in [0.25, 0.3) is 0 Å². The normalized spacial score (nSPS) is 20.9. The average molecular weight is 386 g/mol. The summed E-state index contributed by atoms with van der Waals surface area (Å²) in [6.07, 6.45) is 1.61. The van der Waals surface area contributed by atoms with Gasteiger partial charge in [-0.15, -0.1) is 11.8 Å². The number of aryl methyl sites for hydroxylation is 1. The number of aromatic nitrogens is 2. The van der Waals surface area contributed by atoms with Crippen molar-refractivity contribution in [2.75, 3.05) is 24.7 Å². The van der Waals surface area contributed by atoms with Crippen LogP contribution < -0.4 is 0 Å². The standard InChI is InChI=1S/C19H22N4O3S/c1-13-20-17(26-21-13)14-7-9-22(10-8-14)19(25)16-11-27-12-23(16)18(24)15-5-3-2-4-6-15/h2-6,14,16H,7-12H2,1H3. The summed E-state index contributed by atoms with van der Waals surface area (Å²) < 4.78 is 5.28. The van der Waals surface area contributed by atoms with Crippen LogP contribution in [0.5, 0.6) is 0 Å². The molecule has 0 aliphatic carbocycles. The molecule has 0 spiro atoms. The minimum Gasteiger partial charge on any atom is -0.341 e. The molecule has 1 atom stereocenters. The molecule has 1 aromatic heterocycles. The number of thioether (sulfide) groups is 1. The Bertz CT molecular complexity index is 817. The number of rotatable bonds is 3. The van der Waals surface area contributed by atoms with Crippen LogP contribution in [0.2, 0.25) is 0 Å². The predicted octanol–water partition coefficient (Wildman–Crippen LogP) is 2.30. The number of nitrogens with zero attached hydrogens (tertiary/aromatic N) is 4. The zero-order valence-electron chi connectivity index (χ0n) is 15.2. The number of amides is 2. The van der Waals surface area contributed by atoms with Crippen LogP contribution in [0, 0.1) is 6.92 Å². The fourth-order valence-corrected chi connectivity index (χ4v) is 4.78. The fraction of sp³-hybridized carbons (Fsp3) is 0.474. The molecular formula is C19H22N4O3S.